The van der Waals surface area contributed by atoms with Crippen LogP contribution in [0, 0.1) is 0 Å². The zero-order valence-electron chi connectivity index (χ0n) is 11.7. The van der Waals surface area contributed by atoms with E-state index in [0.29, 0.717) is 18.4 Å². The number of nitrogens with one attached hydrogen (secondary N) is 1. The SMILES string of the molecule is CC(O)CCc1ccccc1C(=O)NC(C)(C)C. The Bertz CT molecular complexity index is 405. The summed E-state index contributed by atoms with van der Waals surface area (Å²) in [5.74, 6) is -0.0521. The fraction of sp³-hybridized carbons (Fsp3) is 0.533. The van der Waals surface area contributed by atoms with Crippen molar-refractivity contribution in [2.24, 2.45) is 0 Å². The fourth-order valence-corrected chi connectivity index (χ4v) is 1.73. The Hall–Kier alpha value is -1.35. The maximum atomic E-state index is 12.2. The van der Waals surface area contributed by atoms with E-state index in [2.05, 4.69) is 5.32 Å². The molecule has 0 spiro atoms. The first-order valence-corrected chi connectivity index (χ1v) is 6.38. The molecule has 0 aromatic heterocycles. The zero-order valence-corrected chi connectivity index (χ0v) is 11.7. The average molecular weight is 249 g/mol. The van der Waals surface area contributed by atoms with E-state index in [9.17, 15) is 9.90 Å². The number of carbonyl (C=O) groups excluding carboxylic acids is 1. The summed E-state index contributed by atoms with van der Waals surface area (Å²) in [5, 5.41) is 12.3. The van der Waals surface area contributed by atoms with Crippen LogP contribution in [-0.4, -0.2) is 22.7 Å². The summed E-state index contributed by atoms with van der Waals surface area (Å²) in [4.78, 5) is 12.2. The Morgan fingerprint density at radius 1 is 1.33 bits per heavy atom. The standard InChI is InChI=1S/C15H23NO2/c1-11(17)9-10-12-7-5-6-8-13(12)14(18)16-15(2,3)4/h5-8,11,17H,9-10H2,1-4H3,(H,16,18). The van der Waals surface area contributed by atoms with Gasteiger partial charge in [0.25, 0.3) is 5.91 Å². The molecule has 3 heteroatoms. The Morgan fingerprint density at radius 3 is 2.50 bits per heavy atom. The van der Waals surface area contributed by atoms with Crippen LogP contribution in [-0.2, 0) is 6.42 Å². The number of aryl methyl sites for hydroxylation is 1. The predicted octanol–water partition coefficient (Wildman–Crippen LogP) is 2.53. The Balaban J connectivity index is 2.84. The molecule has 3 nitrogen and oxygen atoms in total. The first-order chi connectivity index (χ1) is 8.29. The number of benzene rings is 1. The number of amides is 1. The molecule has 0 aliphatic rings. The number of aliphatic hydroxyl groups excluding tert-OH is 1. The van der Waals surface area contributed by atoms with Gasteiger partial charge in [-0.1, -0.05) is 18.2 Å². The van der Waals surface area contributed by atoms with Gasteiger partial charge in [0.1, 0.15) is 0 Å². The number of hydrogen-bond acceptors (Lipinski definition) is 2. The molecule has 0 saturated heterocycles. The molecule has 1 atom stereocenters. The van der Waals surface area contributed by atoms with E-state index in [4.69, 9.17) is 0 Å². The first-order valence-electron chi connectivity index (χ1n) is 6.38. The highest BCUT2D eigenvalue weighted by atomic mass is 16.3. The van der Waals surface area contributed by atoms with Crippen molar-refractivity contribution in [2.45, 2.75) is 52.2 Å². The van der Waals surface area contributed by atoms with Crippen molar-refractivity contribution >= 4 is 5.91 Å². The van der Waals surface area contributed by atoms with Crippen molar-refractivity contribution in [3.63, 3.8) is 0 Å². The third-order valence-corrected chi connectivity index (χ3v) is 2.58. The molecular formula is C15H23NO2. The van der Waals surface area contributed by atoms with E-state index in [0.717, 1.165) is 5.56 Å². The normalized spacial score (nSPS) is 13.2. The van der Waals surface area contributed by atoms with Gasteiger partial charge in [-0.25, -0.2) is 0 Å². The lowest BCUT2D eigenvalue weighted by molar-refractivity contribution is 0.0918. The smallest absolute Gasteiger partial charge is 0.251 e. The largest absolute Gasteiger partial charge is 0.393 e. The molecule has 0 heterocycles. The molecule has 0 aliphatic heterocycles. The number of aliphatic hydroxyl groups is 1. The molecular weight excluding hydrogens is 226 g/mol. The molecule has 0 saturated carbocycles. The lowest BCUT2D eigenvalue weighted by Crippen LogP contribution is -2.40. The monoisotopic (exact) mass is 249 g/mol. The maximum Gasteiger partial charge on any atom is 0.251 e. The highest BCUT2D eigenvalue weighted by molar-refractivity contribution is 5.96. The van der Waals surface area contributed by atoms with Gasteiger partial charge in [-0.15, -0.1) is 0 Å². The van der Waals surface area contributed by atoms with E-state index in [1.165, 1.54) is 0 Å². The molecule has 0 aliphatic carbocycles. The van der Waals surface area contributed by atoms with Gasteiger partial charge in [0.2, 0.25) is 0 Å². The fourth-order valence-electron chi connectivity index (χ4n) is 1.73. The zero-order chi connectivity index (χ0) is 13.8. The van der Waals surface area contributed by atoms with Gasteiger partial charge in [0.05, 0.1) is 6.10 Å². The molecule has 18 heavy (non-hydrogen) atoms. The summed E-state index contributed by atoms with van der Waals surface area (Å²) in [7, 11) is 0. The van der Waals surface area contributed by atoms with Gasteiger partial charge in [0, 0.05) is 11.1 Å². The highest BCUT2D eigenvalue weighted by Crippen LogP contribution is 2.13. The van der Waals surface area contributed by atoms with E-state index in [1.54, 1.807) is 6.92 Å². The molecule has 0 bridgehead atoms. The van der Waals surface area contributed by atoms with Gasteiger partial charge in [0.15, 0.2) is 0 Å². The van der Waals surface area contributed by atoms with Gasteiger partial charge in [-0.2, -0.15) is 0 Å². The molecule has 0 radical (unpaired) electrons. The average Bonchev–Trinajstić information content (AvgIpc) is 2.24. The van der Waals surface area contributed by atoms with Gasteiger partial charge < -0.3 is 10.4 Å². The predicted molar refractivity (Wildman–Crippen MR) is 73.7 cm³/mol. The van der Waals surface area contributed by atoms with Crippen molar-refractivity contribution in [1.82, 2.24) is 5.32 Å². The lowest BCUT2D eigenvalue weighted by atomic mass is 9.99. The van der Waals surface area contributed by atoms with Crippen molar-refractivity contribution in [3.05, 3.63) is 35.4 Å². The number of rotatable bonds is 4. The summed E-state index contributed by atoms with van der Waals surface area (Å²) in [5.41, 5.74) is 1.45. The summed E-state index contributed by atoms with van der Waals surface area (Å²) in [6.07, 6.45) is 1.04. The van der Waals surface area contributed by atoms with E-state index in [-0.39, 0.29) is 17.6 Å². The highest BCUT2D eigenvalue weighted by Gasteiger charge is 2.17. The van der Waals surface area contributed by atoms with E-state index >= 15 is 0 Å². The minimum atomic E-state index is -0.344. The molecule has 1 aromatic carbocycles. The second-order valence-electron chi connectivity index (χ2n) is 5.75. The van der Waals surface area contributed by atoms with Crippen molar-refractivity contribution in [1.29, 1.82) is 0 Å². The van der Waals surface area contributed by atoms with Crippen molar-refractivity contribution < 1.29 is 9.90 Å². The van der Waals surface area contributed by atoms with Crippen LogP contribution in [0.15, 0.2) is 24.3 Å². The van der Waals surface area contributed by atoms with E-state index in [1.807, 2.05) is 45.0 Å². The second kappa shape index (κ2) is 6.01. The van der Waals surface area contributed by atoms with Crippen LogP contribution in [0.25, 0.3) is 0 Å². The molecule has 1 unspecified atom stereocenters. The molecule has 2 N–H and O–H groups in total. The minimum Gasteiger partial charge on any atom is -0.393 e. The first kappa shape index (κ1) is 14.7. The minimum absolute atomic E-state index is 0.0521. The number of carbonyl (C=O) groups is 1. The molecule has 1 aromatic rings. The Morgan fingerprint density at radius 2 is 1.94 bits per heavy atom. The Labute approximate surface area is 109 Å². The third-order valence-electron chi connectivity index (χ3n) is 2.58. The van der Waals surface area contributed by atoms with Crippen LogP contribution >= 0.6 is 0 Å². The quantitative estimate of drug-likeness (QED) is 0.861. The van der Waals surface area contributed by atoms with Crippen LogP contribution in [0.3, 0.4) is 0 Å². The van der Waals surface area contributed by atoms with Crippen molar-refractivity contribution in [2.75, 3.05) is 0 Å². The van der Waals surface area contributed by atoms with Crippen LogP contribution in [0.2, 0.25) is 0 Å². The van der Waals surface area contributed by atoms with Crippen molar-refractivity contribution in [3.8, 4) is 0 Å². The van der Waals surface area contributed by atoms with Crippen LogP contribution in [0.1, 0.15) is 50.0 Å². The second-order valence-corrected chi connectivity index (χ2v) is 5.75. The van der Waals surface area contributed by atoms with Gasteiger partial charge in [-0.05, 0) is 52.2 Å². The molecule has 1 amide bonds. The topological polar surface area (TPSA) is 49.3 Å². The maximum absolute atomic E-state index is 12.2. The molecule has 100 valence electrons. The lowest BCUT2D eigenvalue weighted by Gasteiger charge is -2.21. The van der Waals surface area contributed by atoms with Gasteiger partial charge in [-0.3, -0.25) is 4.79 Å². The molecule has 1 rings (SSSR count). The van der Waals surface area contributed by atoms with Crippen LogP contribution < -0.4 is 5.32 Å². The van der Waals surface area contributed by atoms with Crippen LogP contribution in [0.5, 0.6) is 0 Å². The molecule has 0 fully saturated rings. The van der Waals surface area contributed by atoms with E-state index < -0.39 is 0 Å². The third kappa shape index (κ3) is 4.88. The summed E-state index contributed by atoms with van der Waals surface area (Å²) in [6.45, 7) is 7.65. The summed E-state index contributed by atoms with van der Waals surface area (Å²) >= 11 is 0. The Kier molecular flexibility index (Phi) is 4.91. The van der Waals surface area contributed by atoms with Crippen LogP contribution in [0.4, 0.5) is 0 Å². The van der Waals surface area contributed by atoms with Gasteiger partial charge >= 0.3 is 0 Å². The number of hydrogen-bond donors (Lipinski definition) is 2. The summed E-state index contributed by atoms with van der Waals surface area (Å²) in [6, 6.07) is 7.56. The summed E-state index contributed by atoms with van der Waals surface area (Å²) < 4.78 is 0.